The monoisotopic (exact) mass is 377 g/mol. The molecule has 4 nitrogen and oxygen atoms in total. The molecule has 0 bridgehead atoms. The standard InChI is InChI=1S/C23H24FN3O/c1-28-19-10-8-17(9-11-19)15-27-14-4-5-18(16-27)22-23(26-13-12-25-22)20-6-2-3-7-21(20)24/h2-3,6-13,18H,4-5,14-16H2,1H3/t18-/m1/s1. The van der Waals surface area contributed by atoms with Gasteiger partial charge in [0.1, 0.15) is 11.6 Å². The highest BCUT2D eigenvalue weighted by atomic mass is 19.1. The Morgan fingerprint density at radius 3 is 2.64 bits per heavy atom. The second-order valence-corrected chi connectivity index (χ2v) is 7.19. The van der Waals surface area contributed by atoms with Gasteiger partial charge >= 0.3 is 0 Å². The molecular formula is C23H24FN3O. The summed E-state index contributed by atoms with van der Waals surface area (Å²) in [5.74, 6) is 0.861. The number of aromatic nitrogens is 2. The highest BCUT2D eigenvalue weighted by molar-refractivity contribution is 5.62. The van der Waals surface area contributed by atoms with Crippen LogP contribution in [0.4, 0.5) is 4.39 Å². The summed E-state index contributed by atoms with van der Waals surface area (Å²) in [6.07, 6.45) is 5.48. The van der Waals surface area contributed by atoms with Crippen molar-refractivity contribution in [3.8, 4) is 17.0 Å². The fourth-order valence-corrected chi connectivity index (χ4v) is 3.92. The summed E-state index contributed by atoms with van der Waals surface area (Å²) in [4.78, 5) is 11.5. The second kappa shape index (κ2) is 8.48. The lowest BCUT2D eigenvalue weighted by molar-refractivity contribution is 0.198. The van der Waals surface area contributed by atoms with Crippen molar-refractivity contribution in [3.63, 3.8) is 0 Å². The molecule has 5 heteroatoms. The molecule has 3 aromatic rings. The maximum atomic E-state index is 14.4. The Kier molecular flexibility index (Phi) is 5.63. The molecule has 1 saturated heterocycles. The van der Waals surface area contributed by atoms with E-state index < -0.39 is 0 Å². The molecule has 0 N–H and O–H groups in total. The molecule has 1 aliphatic heterocycles. The van der Waals surface area contributed by atoms with Gasteiger partial charge in [-0.15, -0.1) is 0 Å². The molecule has 0 amide bonds. The Labute approximate surface area is 165 Å². The van der Waals surface area contributed by atoms with Crippen molar-refractivity contribution in [1.82, 2.24) is 14.9 Å². The molecular weight excluding hydrogens is 353 g/mol. The molecule has 1 fully saturated rings. The van der Waals surface area contributed by atoms with Crippen molar-refractivity contribution in [2.24, 2.45) is 0 Å². The lowest BCUT2D eigenvalue weighted by atomic mass is 9.91. The van der Waals surface area contributed by atoms with E-state index >= 15 is 0 Å². The minimum Gasteiger partial charge on any atom is -0.497 e. The summed E-state index contributed by atoms with van der Waals surface area (Å²) >= 11 is 0. The van der Waals surface area contributed by atoms with Crippen LogP contribution in [0.3, 0.4) is 0 Å². The first-order valence-corrected chi connectivity index (χ1v) is 9.65. The molecule has 1 aliphatic rings. The summed E-state index contributed by atoms with van der Waals surface area (Å²) < 4.78 is 19.6. The van der Waals surface area contributed by atoms with Gasteiger partial charge in [-0.1, -0.05) is 24.3 Å². The van der Waals surface area contributed by atoms with Gasteiger partial charge < -0.3 is 4.74 Å². The number of rotatable bonds is 5. The maximum absolute atomic E-state index is 14.4. The van der Waals surface area contributed by atoms with Crippen LogP contribution in [0.2, 0.25) is 0 Å². The van der Waals surface area contributed by atoms with E-state index in [9.17, 15) is 4.39 Å². The van der Waals surface area contributed by atoms with Gasteiger partial charge in [0.2, 0.25) is 0 Å². The highest BCUT2D eigenvalue weighted by Crippen LogP contribution is 2.33. The Morgan fingerprint density at radius 2 is 1.86 bits per heavy atom. The zero-order valence-electron chi connectivity index (χ0n) is 16.0. The summed E-state index contributed by atoms with van der Waals surface area (Å²) in [7, 11) is 1.68. The molecule has 4 rings (SSSR count). The van der Waals surface area contributed by atoms with Crippen LogP contribution in [-0.2, 0) is 6.54 Å². The number of halogens is 1. The number of hydrogen-bond acceptors (Lipinski definition) is 4. The third-order valence-corrected chi connectivity index (χ3v) is 5.31. The number of nitrogens with zero attached hydrogens (tertiary/aromatic N) is 3. The maximum Gasteiger partial charge on any atom is 0.132 e. The fraction of sp³-hybridized carbons (Fsp3) is 0.304. The number of piperidine rings is 1. The van der Waals surface area contributed by atoms with Gasteiger partial charge in [-0.05, 0) is 49.2 Å². The molecule has 0 aliphatic carbocycles. The first-order chi connectivity index (χ1) is 13.7. The van der Waals surface area contributed by atoms with E-state index in [1.807, 2.05) is 18.2 Å². The minimum absolute atomic E-state index is 0.246. The molecule has 0 saturated carbocycles. The van der Waals surface area contributed by atoms with Gasteiger partial charge in [0.25, 0.3) is 0 Å². The topological polar surface area (TPSA) is 38.2 Å². The largest absolute Gasteiger partial charge is 0.497 e. The SMILES string of the molecule is COc1ccc(CN2CCC[C@@H](c3nccnc3-c3ccccc3F)C2)cc1. The zero-order chi connectivity index (χ0) is 19.3. The van der Waals surface area contributed by atoms with Crippen LogP contribution in [0, 0.1) is 5.82 Å². The molecule has 2 aromatic carbocycles. The number of likely N-dealkylation sites (tertiary alicyclic amines) is 1. The number of methoxy groups -OCH3 is 1. The Bertz CT molecular complexity index is 929. The van der Waals surface area contributed by atoms with Gasteiger partial charge in [-0.3, -0.25) is 14.9 Å². The smallest absolute Gasteiger partial charge is 0.132 e. The van der Waals surface area contributed by atoms with Crippen LogP contribution in [0.25, 0.3) is 11.3 Å². The fourth-order valence-electron chi connectivity index (χ4n) is 3.92. The summed E-state index contributed by atoms with van der Waals surface area (Å²) in [5.41, 5.74) is 3.34. The Morgan fingerprint density at radius 1 is 1.07 bits per heavy atom. The van der Waals surface area contributed by atoms with Crippen molar-refractivity contribution in [2.45, 2.75) is 25.3 Å². The van der Waals surface area contributed by atoms with Crippen molar-refractivity contribution in [2.75, 3.05) is 20.2 Å². The quantitative estimate of drug-likeness (QED) is 0.648. The highest BCUT2D eigenvalue weighted by Gasteiger charge is 2.26. The molecule has 2 heterocycles. The lowest BCUT2D eigenvalue weighted by Gasteiger charge is -2.33. The Hall–Kier alpha value is -2.79. The first-order valence-electron chi connectivity index (χ1n) is 9.65. The summed E-state index contributed by atoms with van der Waals surface area (Å²) in [6.45, 7) is 2.83. The van der Waals surface area contributed by atoms with E-state index in [2.05, 4.69) is 27.0 Å². The first kappa shape index (κ1) is 18.6. The van der Waals surface area contributed by atoms with E-state index in [1.54, 1.807) is 31.6 Å². The molecule has 0 unspecified atom stereocenters. The molecule has 1 aromatic heterocycles. The summed E-state index contributed by atoms with van der Waals surface area (Å²) in [6, 6.07) is 15.0. The molecule has 1 atom stereocenters. The van der Waals surface area contributed by atoms with Gasteiger partial charge in [-0.25, -0.2) is 4.39 Å². The third-order valence-electron chi connectivity index (χ3n) is 5.31. The van der Waals surface area contributed by atoms with Gasteiger partial charge in [-0.2, -0.15) is 0 Å². The minimum atomic E-state index is -0.254. The molecule has 28 heavy (non-hydrogen) atoms. The van der Waals surface area contributed by atoms with Gasteiger partial charge in [0.15, 0.2) is 0 Å². The average Bonchev–Trinajstić information content (AvgIpc) is 2.75. The molecule has 0 spiro atoms. The normalized spacial score (nSPS) is 17.4. The molecule has 144 valence electrons. The predicted molar refractivity (Wildman–Crippen MR) is 108 cm³/mol. The Balaban J connectivity index is 1.54. The lowest BCUT2D eigenvalue weighted by Crippen LogP contribution is -2.34. The van der Waals surface area contributed by atoms with Crippen molar-refractivity contribution < 1.29 is 9.13 Å². The average molecular weight is 377 g/mol. The van der Waals surface area contributed by atoms with Gasteiger partial charge in [0.05, 0.1) is 18.5 Å². The second-order valence-electron chi connectivity index (χ2n) is 7.19. The van der Waals surface area contributed by atoms with Crippen molar-refractivity contribution >= 4 is 0 Å². The number of hydrogen-bond donors (Lipinski definition) is 0. The van der Waals surface area contributed by atoms with E-state index in [0.29, 0.717) is 11.3 Å². The van der Waals surface area contributed by atoms with Crippen molar-refractivity contribution in [1.29, 1.82) is 0 Å². The van der Waals surface area contributed by atoms with Crippen LogP contribution in [0.1, 0.15) is 30.0 Å². The van der Waals surface area contributed by atoms with Crippen LogP contribution in [0.15, 0.2) is 60.9 Å². The van der Waals surface area contributed by atoms with E-state index in [4.69, 9.17) is 4.74 Å². The van der Waals surface area contributed by atoms with E-state index in [1.165, 1.54) is 11.6 Å². The predicted octanol–water partition coefficient (Wildman–Crippen LogP) is 4.67. The number of ether oxygens (including phenoxy) is 1. The van der Waals surface area contributed by atoms with Crippen molar-refractivity contribution in [3.05, 3.63) is 78.0 Å². The van der Waals surface area contributed by atoms with E-state index in [0.717, 1.165) is 43.9 Å². The third kappa shape index (κ3) is 4.04. The summed E-state index contributed by atoms with van der Waals surface area (Å²) in [5, 5.41) is 0. The van der Waals surface area contributed by atoms with E-state index in [-0.39, 0.29) is 11.7 Å². The van der Waals surface area contributed by atoms with Crippen LogP contribution in [-0.4, -0.2) is 35.1 Å². The van der Waals surface area contributed by atoms with Crippen LogP contribution < -0.4 is 4.74 Å². The van der Waals surface area contributed by atoms with Crippen LogP contribution in [0.5, 0.6) is 5.75 Å². The zero-order valence-corrected chi connectivity index (χ0v) is 16.0. The number of benzene rings is 2. The molecule has 0 radical (unpaired) electrons. The van der Waals surface area contributed by atoms with Crippen LogP contribution >= 0.6 is 0 Å². The van der Waals surface area contributed by atoms with Gasteiger partial charge in [0, 0.05) is 37.0 Å².